The van der Waals surface area contributed by atoms with Gasteiger partial charge in [0, 0.05) is 0 Å². The van der Waals surface area contributed by atoms with E-state index in [1.165, 1.54) is 92.0 Å². The Kier molecular flexibility index (Phi) is 13.4. The molecule has 0 saturated heterocycles. The summed E-state index contributed by atoms with van der Waals surface area (Å²) in [4.78, 5) is 10.3. The van der Waals surface area contributed by atoms with Crippen molar-refractivity contribution in [1.82, 2.24) is 0 Å². The molecule has 0 N–H and O–H groups in total. The molecule has 0 aromatic heterocycles. The summed E-state index contributed by atoms with van der Waals surface area (Å²) >= 11 is 0. The van der Waals surface area contributed by atoms with Gasteiger partial charge in [-0.1, -0.05) is 103 Å². The van der Waals surface area contributed by atoms with Gasteiger partial charge in [-0.15, -0.1) is 0 Å². The maximum Gasteiger partial charge on any atom is 0.0642 e. The first-order valence-corrected chi connectivity index (χ1v) is 15.9. The van der Waals surface area contributed by atoms with Gasteiger partial charge in [-0.2, -0.15) is 0 Å². The van der Waals surface area contributed by atoms with Crippen molar-refractivity contribution in [3.05, 3.63) is 82.9 Å². The van der Waals surface area contributed by atoms with E-state index in [1.807, 2.05) is 0 Å². The van der Waals surface area contributed by atoms with E-state index in [0.29, 0.717) is 0 Å². The predicted molar refractivity (Wildman–Crippen MR) is 178 cm³/mol. The second-order valence-corrected chi connectivity index (χ2v) is 11.2. The van der Waals surface area contributed by atoms with Crippen LogP contribution in [0.3, 0.4) is 0 Å². The number of rotatable bonds is 16. The lowest BCUT2D eigenvalue weighted by atomic mass is 9.91. The first-order chi connectivity index (χ1) is 19.5. The molecule has 0 atom stereocenters. The molecule has 0 fully saturated rings. The second kappa shape index (κ2) is 17.0. The third-order valence-electron chi connectivity index (χ3n) is 7.86. The molecule has 0 spiro atoms. The molecule has 0 unspecified atom stereocenters. The zero-order chi connectivity index (χ0) is 28.7. The molecule has 0 aliphatic heterocycles. The van der Waals surface area contributed by atoms with Gasteiger partial charge >= 0.3 is 0 Å². The molecule has 40 heavy (non-hydrogen) atoms. The lowest BCUT2D eigenvalue weighted by molar-refractivity contribution is 0.606. The molecule has 0 bridgehead atoms. The molecule has 3 aromatic carbocycles. The topological polar surface area (TPSA) is 24.7 Å². The SMILES string of the molecule is CCCCCCCCc1cc(N=C(C)C(CC)=Nc2cc(C)cc(-c3ccccc3)c2)cc(CC)c1CCCC. The number of aryl methyl sites for hydroxylation is 3. The van der Waals surface area contributed by atoms with Gasteiger partial charge in [-0.25, -0.2) is 0 Å². The second-order valence-electron chi connectivity index (χ2n) is 11.2. The van der Waals surface area contributed by atoms with Crippen molar-refractivity contribution in [2.75, 3.05) is 0 Å². The number of nitrogens with zero attached hydrogens (tertiary/aromatic N) is 2. The van der Waals surface area contributed by atoms with E-state index in [-0.39, 0.29) is 0 Å². The van der Waals surface area contributed by atoms with E-state index in [2.05, 4.69) is 102 Å². The molecule has 2 heteroatoms. The summed E-state index contributed by atoms with van der Waals surface area (Å²) in [7, 11) is 0. The van der Waals surface area contributed by atoms with Crippen LogP contribution < -0.4 is 0 Å². The average molecular weight is 537 g/mol. The minimum atomic E-state index is 0.851. The monoisotopic (exact) mass is 536 g/mol. The highest BCUT2D eigenvalue weighted by molar-refractivity contribution is 6.42. The molecule has 3 rings (SSSR count). The van der Waals surface area contributed by atoms with Gasteiger partial charge in [-0.05, 0) is 110 Å². The molecule has 0 aliphatic rings. The minimum absolute atomic E-state index is 0.851. The Morgan fingerprint density at radius 2 is 1.30 bits per heavy atom. The number of hydrogen-bond acceptors (Lipinski definition) is 2. The number of unbranched alkanes of at least 4 members (excludes halogenated alkanes) is 6. The fourth-order valence-corrected chi connectivity index (χ4v) is 5.61. The lowest BCUT2D eigenvalue weighted by Crippen LogP contribution is -2.09. The van der Waals surface area contributed by atoms with Crippen molar-refractivity contribution < 1.29 is 0 Å². The molecule has 214 valence electrons. The van der Waals surface area contributed by atoms with Crippen LogP contribution in [0.25, 0.3) is 11.1 Å². The van der Waals surface area contributed by atoms with E-state index in [9.17, 15) is 0 Å². The highest BCUT2D eigenvalue weighted by atomic mass is 14.8. The molecular weight excluding hydrogens is 484 g/mol. The van der Waals surface area contributed by atoms with Crippen molar-refractivity contribution in [2.45, 2.75) is 119 Å². The maximum atomic E-state index is 5.17. The fourth-order valence-electron chi connectivity index (χ4n) is 5.61. The van der Waals surface area contributed by atoms with E-state index < -0.39 is 0 Å². The van der Waals surface area contributed by atoms with Crippen molar-refractivity contribution in [2.24, 2.45) is 9.98 Å². The van der Waals surface area contributed by atoms with Gasteiger partial charge in [0.15, 0.2) is 0 Å². The third kappa shape index (κ3) is 9.58. The van der Waals surface area contributed by atoms with Crippen molar-refractivity contribution in [1.29, 1.82) is 0 Å². The summed E-state index contributed by atoms with van der Waals surface area (Å²) in [5.74, 6) is 0. The Bertz CT molecular complexity index is 1250. The van der Waals surface area contributed by atoms with Crippen molar-refractivity contribution in [3.63, 3.8) is 0 Å². The Morgan fingerprint density at radius 1 is 0.625 bits per heavy atom. The molecule has 0 aliphatic carbocycles. The van der Waals surface area contributed by atoms with Gasteiger partial charge in [0.2, 0.25) is 0 Å². The van der Waals surface area contributed by atoms with E-state index >= 15 is 0 Å². The van der Waals surface area contributed by atoms with Gasteiger partial charge in [0.05, 0.1) is 22.8 Å². The summed E-state index contributed by atoms with van der Waals surface area (Å²) in [5, 5.41) is 0. The number of aliphatic imine (C=N–C) groups is 2. The van der Waals surface area contributed by atoms with Crippen LogP contribution >= 0.6 is 0 Å². The zero-order valence-corrected chi connectivity index (χ0v) is 26.2. The highest BCUT2D eigenvalue weighted by Crippen LogP contribution is 2.29. The summed E-state index contributed by atoms with van der Waals surface area (Å²) in [6.45, 7) is 13.3. The van der Waals surface area contributed by atoms with Gasteiger partial charge < -0.3 is 0 Å². The standard InChI is InChI=1S/C38H52N2/c1-7-11-13-14-15-17-22-33-27-36(26-31(9-3)37(33)23-12-8-2)39-30(6)38(10-4)40-35-25-29(5)24-34(28-35)32-20-18-16-19-21-32/h16,18-21,24-28H,7-15,17,22-23H2,1-6H3. The van der Waals surface area contributed by atoms with Gasteiger partial charge in [0.25, 0.3) is 0 Å². The summed E-state index contributed by atoms with van der Waals surface area (Å²) < 4.78 is 0. The first-order valence-electron chi connectivity index (χ1n) is 15.9. The zero-order valence-electron chi connectivity index (χ0n) is 26.2. The molecule has 0 amide bonds. The Hall–Kier alpha value is -3.00. The Morgan fingerprint density at radius 3 is 2.00 bits per heavy atom. The van der Waals surface area contributed by atoms with Crippen LogP contribution in [0, 0.1) is 6.92 Å². The van der Waals surface area contributed by atoms with Crippen LogP contribution in [0.4, 0.5) is 11.4 Å². The van der Waals surface area contributed by atoms with Crippen LogP contribution in [-0.4, -0.2) is 11.4 Å². The fraction of sp³-hybridized carbons (Fsp3) is 0.474. The molecule has 2 nitrogen and oxygen atoms in total. The molecule has 3 aromatic rings. The summed E-state index contributed by atoms with van der Waals surface area (Å²) in [5.41, 5.74) is 12.4. The largest absolute Gasteiger partial charge is 0.252 e. The third-order valence-corrected chi connectivity index (χ3v) is 7.86. The van der Waals surface area contributed by atoms with E-state index in [1.54, 1.807) is 5.56 Å². The molecule has 0 radical (unpaired) electrons. The van der Waals surface area contributed by atoms with E-state index in [0.717, 1.165) is 35.6 Å². The lowest BCUT2D eigenvalue weighted by Gasteiger charge is -2.16. The van der Waals surface area contributed by atoms with Crippen LogP contribution in [0.15, 0.2) is 70.6 Å². The van der Waals surface area contributed by atoms with Crippen LogP contribution in [0.5, 0.6) is 0 Å². The van der Waals surface area contributed by atoms with Gasteiger partial charge in [0.1, 0.15) is 0 Å². The predicted octanol–water partition coefficient (Wildman–Crippen LogP) is 11.7. The van der Waals surface area contributed by atoms with Crippen molar-refractivity contribution >= 4 is 22.8 Å². The minimum Gasteiger partial charge on any atom is -0.252 e. The maximum absolute atomic E-state index is 5.17. The van der Waals surface area contributed by atoms with Gasteiger partial charge in [-0.3, -0.25) is 9.98 Å². The van der Waals surface area contributed by atoms with Crippen LogP contribution in [0.2, 0.25) is 0 Å². The highest BCUT2D eigenvalue weighted by Gasteiger charge is 2.12. The average Bonchev–Trinajstić information content (AvgIpc) is 2.96. The smallest absolute Gasteiger partial charge is 0.0642 e. The quantitative estimate of drug-likeness (QED) is 0.128. The van der Waals surface area contributed by atoms with Crippen LogP contribution in [0.1, 0.15) is 115 Å². The molecular formula is C38H52N2. The van der Waals surface area contributed by atoms with Crippen LogP contribution in [-0.2, 0) is 19.3 Å². The van der Waals surface area contributed by atoms with Crippen molar-refractivity contribution in [3.8, 4) is 11.1 Å². The Balaban J connectivity index is 1.91. The molecule has 0 heterocycles. The van der Waals surface area contributed by atoms with E-state index in [4.69, 9.17) is 9.98 Å². The summed E-state index contributed by atoms with van der Waals surface area (Å²) in [6, 6.07) is 21.9. The molecule has 0 saturated carbocycles. The summed E-state index contributed by atoms with van der Waals surface area (Å²) in [6.07, 6.45) is 14.8. The first kappa shape index (κ1) is 31.5. The normalized spacial score (nSPS) is 12.2. The Labute approximate surface area is 245 Å². The number of benzene rings is 3. The number of hydrogen-bond donors (Lipinski definition) is 0.